The van der Waals surface area contributed by atoms with Gasteiger partial charge in [-0.1, -0.05) is 19.8 Å². The molecule has 2 heterocycles. The molecule has 0 aliphatic heterocycles. The van der Waals surface area contributed by atoms with Crippen LogP contribution in [0, 0.1) is 5.92 Å². The van der Waals surface area contributed by atoms with E-state index in [2.05, 4.69) is 23.4 Å². The third-order valence-corrected chi connectivity index (χ3v) is 4.30. The van der Waals surface area contributed by atoms with Gasteiger partial charge in [0.1, 0.15) is 11.3 Å². The molecule has 19 heavy (non-hydrogen) atoms. The van der Waals surface area contributed by atoms with E-state index in [-0.39, 0.29) is 5.54 Å². The molecule has 0 spiro atoms. The molecule has 0 aromatic carbocycles. The molecule has 2 atom stereocenters. The van der Waals surface area contributed by atoms with Crippen LogP contribution in [0.25, 0.3) is 11.2 Å². The lowest BCUT2D eigenvalue weighted by atomic mass is 9.76. The van der Waals surface area contributed by atoms with Gasteiger partial charge in [-0.25, -0.2) is 9.97 Å². The molecule has 2 N–H and O–H groups in total. The summed E-state index contributed by atoms with van der Waals surface area (Å²) in [6, 6.07) is 3.96. The van der Waals surface area contributed by atoms with Crippen LogP contribution in [0.15, 0.2) is 18.3 Å². The van der Waals surface area contributed by atoms with Crippen molar-refractivity contribution < 1.29 is 0 Å². The van der Waals surface area contributed by atoms with Crippen molar-refractivity contribution in [2.75, 3.05) is 0 Å². The summed E-state index contributed by atoms with van der Waals surface area (Å²) in [6.07, 6.45) is 6.35. The van der Waals surface area contributed by atoms with E-state index in [0.29, 0.717) is 5.92 Å². The van der Waals surface area contributed by atoms with E-state index in [1.54, 1.807) is 0 Å². The Labute approximate surface area is 114 Å². The number of aromatic nitrogens is 3. The van der Waals surface area contributed by atoms with Crippen molar-refractivity contribution >= 4 is 11.2 Å². The van der Waals surface area contributed by atoms with Gasteiger partial charge in [0.15, 0.2) is 5.65 Å². The van der Waals surface area contributed by atoms with Crippen molar-refractivity contribution in [1.82, 2.24) is 14.5 Å². The number of fused-ring (bicyclic) bond motifs is 1. The third-order valence-electron chi connectivity index (χ3n) is 4.30. The highest BCUT2D eigenvalue weighted by molar-refractivity contribution is 5.71. The summed E-state index contributed by atoms with van der Waals surface area (Å²) >= 11 is 0. The molecule has 4 nitrogen and oxygen atoms in total. The smallest absolute Gasteiger partial charge is 0.160 e. The predicted molar refractivity (Wildman–Crippen MR) is 76.7 cm³/mol. The molecule has 0 radical (unpaired) electrons. The van der Waals surface area contributed by atoms with Gasteiger partial charge in [-0.05, 0) is 37.8 Å². The molecule has 1 fully saturated rings. The minimum absolute atomic E-state index is 0.283. The van der Waals surface area contributed by atoms with Crippen LogP contribution < -0.4 is 5.73 Å². The summed E-state index contributed by atoms with van der Waals surface area (Å²) in [4.78, 5) is 9.25. The maximum absolute atomic E-state index is 6.70. The lowest BCUT2D eigenvalue weighted by Crippen LogP contribution is -2.43. The first-order valence-electron chi connectivity index (χ1n) is 7.24. The standard InChI is InChI=1S/C15H22N4/c1-3-19-13-12(7-5-9-17-13)18-14(19)15(16)8-4-6-11(2)10-15/h5,7,9,11H,3-4,6,8,10,16H2,1-2H3. The molecule has 4 heteroatoms. The second kappa shape index (κ2) is 4.60. The van der Waals surface area contributed by atoms with E-state index in [1.807, 2.05) is 18.3 Å². The Morgan fingerprint density at radius 2 is 2.37 bits per heavy atom. The van der Waals surface area contributed by atoms with Crippen LogP contribution in [0.1, 0.15) is 45.4 Å². The molecular weight excluding hydrogens is 236 g/mol. The quantitative estimate of drug-likeness (QED) is 0.901. The van der Waals surface area contributed by atoms with Crippen molar-refractivity contribution in [2.24, 2.45) is 11.7 Å². The second-order valence-electron chi connectivity index (χ2n) is 5.88. The highest BCUT2D eigenvalue weighted by Gasteiger charge is 2.37. The van der Waals surface area contributed by atoms with Gasteiger partial charge in [-0.3, -0.25) is 0 Å². The van der Waals surface area contributed by atoms with Crippen molar-refractivity contribution in [2.45, 2.75) is 51.6 Å². The fourth-order valence-electron chi connectivity index (χ4n) is 3.43. The average molecular weight is 258 g/mol. The number of pyridine rings is 1. The van der Waals surface area contributed by atoms with Crippen LogP contribution in [-0.2, 0) is 12.1 Å². The van der Waals surface area contributed by atoms with Crippen LogP contribution in [0.2, 0.25) is 0 Å². The summed E-state index contributed by atoms with van der Waals surface area (Å²) in [5.74, 6) is 1.70. The minimum Gasteiger partial charge on any atom is -0.319 e. The zero-order valence-electron chi connectivity index (χ0n) is 11.8. The van der Waals surface area contributed by atoms with E-state index in [1.165, 1.54) is 12.8 Å². The van der Waals surface area contributed by atoms with Gasteiger partial charge >= 0.3 is 0 Å². The van der Waals surface area contributed by atoms with Crippen LogP contribution in [0.5, 0.6) is 0 Å². The number of aryl methyl sites for hydroxylation is 1. The van der Waals surface area contributed by atoms with Crippen molar-refractivity contribution in [3.05, 3.63) is 24.2 Å². The minimum atomic E-state index is -0.283. The van der Waals surface area contributed by atoms with Crippen molar-refractivity contribution in [3.8, 4) is 0 Å². The maximum Gasteiger partial charge on any atom is 0.160 e. The first-order chi connectivity index (χ1) is 9.14. The lowest BCUT2D eigenvalue weighted by Gasteiger charge is -2.36. The highest BCUT2D eigenvalue weighted by atomic mass is 15.2. The van der Waals surface area contributed by atoms with Crippen LogP contribution >= 0.6 is 0 Å². The number of rotatable bonds is 2. The zero-order chi connectivity index (χ0) is 13.5. The number of hydrogen-bond donors (Lipinski definition) is 1. The molecule has 102 valence electrons. The number of imidazole rings is 1. The average Bonchev–Trinajstić information content (AvgIpc) is 2.77. The first kappa shape index (κ1) is 12.6. The normalized spacial score (nSPS) is 27.8. The molecular formula is C15H22N4. The number of nitrogens with zero attached hydrogens (tertiary/aromatic N) is 3. The maximum atomic E-state index is 6.70. The van der Waals surface area contributed by atoms with Gasteiger partial charge in [0.25, 0.3) is 0 Å². The Balaban J connectivity index is 2.13. The fourth-order valence-corrected chi connectivity index (χ4v) is 3.43. The molecule has 1 saturated carbocycles. The Kier molecular flexibility index (Phi) is 3.05. The summed E-state index contributed by atoms with van der Waals surface area (Å²) in [7, 11) is 0. The van der Waals surface area contributed by atoms with E-state index in [9.17, 15) is 0 Å². The summed E-state index contributed by atoms with van der Waals surface area (Å²) < 4.78 is 2.19. The summed E-state index contributed by atoms with van der Waals surface area (Å²) in [6.45, 7) is 5.29. The molecule has 3 rings (SSSR count). The Morgan fingerprint density at radius 1 is 1.53 bits per heavy atom. The number of hydrogen-bond acceptors (Lipinski definition) is 3. The predicted octanol–water partition coefficient (Wildman–Crippen LogP) is 2.82. The SMILES string of the molecule is CCn1c(C2(N)CCCC(C)C2)nc2cccnc21. The largest absolute Gasteiger partial charge is 0.319 e. The topological polar surface area (TPSA) is 56.7 Å². The van der Waals surface area contributed by atoms with Gasteiger partial charge in [0.2, 0.25) is 0 Å². The Morgan fingerprint density at radius 3 is 3.11 bits per heavy atom. The van der Waals surface area contributed by atoms with Gasteiger partial charge < -0.3 is 10.3 Å². The second-order valence-corrected chi connectivity index (χ2v) is 5.88. The molecule has 0 bridgehead atoms. The van der Waals surface area contributed by atoms with Gasteiger partial charge in [0.05, 0.1) is 5.54 Å². The zero-order valence-corrected chi connectivity index (χ0v) is 11.8. The third kappa shape index (κ3) is 2.04. The first-order valence-corrected chi connectivity index (χ1v) is 7.24. The van der Waals surface area contributed by atoms with Gasteiger partial charge in [0, 0.05) is 12.7 Å². The van der Waals surface area contributed by atoms with Gasteiger partial charge in [-0.2, -0.15) is 0 Å². The molecule has 0 amide bonds. The van der Waals surface area contributed by atoms with Crippen LogP contribution in [0.4, 0.5) is 0 Å². The van der Waals surface area contributed by atoms with Crippen molar-refractivity contribution in [1.29, 1.82) is 0 Å². The van der Waals surface area contributed by atoms with Gasteiger partial charge in [-0.15, -0.1) is 0 Å². The summed E-state index contributed by atoms with van der Waals surface area (Å²) in [5.41, 5.74) is 8.34. The molecule has 2 aromatic rings. The lowest BCUT2D eigenvalue weighted by molar-refractivity contribution is 0.223. The van der Waals surface area contributed by atoms with E-state index >= 15 is 0 Å². The molecule has 0 saturated heterocycles. The molecule has 1 aliphatic rings. The van der Waals surface area contributed by atoms with E-state index in [4.69, 9.17) is 10.7 Å². The van der Waals surface area contributed by atoms with Crippen LogP contribution in [0.3, 0.4) is 0 Å². The Hall–Kier alpha value is -1.42. The monoisotopic (exact) mass is 258 g/mol. The number of nitrogens with two attached hydrogens (primary N) is 1. The van der Waals surface area contributed by atoms with E-state index in [0.717, 1.165) is 36.4 Å². The molecule has 2 unspecified atom stereocenters. The highest BCUT2D eigenvalue weighted by Crippen LogP contribution is 2.38. The summed E-state index contributed by atoms with van der Waals surface area (Å²) in [5, 5.41) is 0. The fraction of sp³-hybridized carbons (Fsp3) is 0.600. The van der Waals surface area contributed by atoms with E-state index < -0.39 is 0 Å². The van der Waals surface area contributed by atoms with Crippen LogP contribution in [-0.4, -0.2) is 14.5 Å². The Bertz CT molecular complexity index is 589. The van der Waals surface area contributed by atoms with Crippen molar-refractivity contribution in [3.63, 3.8) is 0 Å². The molecule has 2 aromatic heterocycles. The molecule has 1 aliphatic carbocycles.